The van der Waals surface area contributed by atoms with Crippen molar-refractivity contribution in [2.75, 3.05) is 20.1 Å². The van der Waals surface area contributed by atoms with Gasteiger partial charge in [0.15, 0.2) is 0 Å². The van der Waals surface area contributed by atoms with Crippen molar-refractivity contribution in [1.29, 1.82) is 0 Å². The average Bonchev–Trinajstić information content (AvgIpc) is 2.64. The zero-order valence-electron chi connectivity index (χ0n) is 9.91. The maximum absolute atomic E-state index is 6.33. The molecule has 88 valence electrons. The van der Waals surface area contributed by atoms with Crippen molar-refractivity contribution in [3.63, 3.8) is 0 Å². The Labute approximate surface area is 102 Å². The highest BCUT2D eigenvalue weighted by atomic mass is 35.5. The van der Waals surface area contributed by atoms with Crippen molar-refractivity contribution in [3.8, 4) is 0 Å². The van der Waals surface area contributed by atoms with Crippen molar-refractivity contribution in [3.05, 3.63) is 34.3 Å². The number of hydrogen-bond acceptors (Lipinski definition) is 2. The fourth-order valence-corrected chi connectivity index (χ4v) is 2.69. The molecule has 3 heteroatoms. The van der Waals surface area contributed by atoms with Gasteiger partial charge in [0.25, 0.3) is 0 Å². The van der Waals surface area contributed by atoms with Gasteiger partial charge in [-0.1, -0.05) is 23.7 Å². The predicted octanol–water partition coefficient (Wildman–Crippen LogP) is 2.78. The second kappa shape index (κ2) is 4.74. The number of hydrogen-bond donors (Lipinski definition) is 1. The molecule has 2 atom stereocenters. The van der Waals surface area contributed by atoms with Gasteiger partial charge in [-0.3, -0.25) is 0 Å². The van der Waals surface area contributed by atoms with Crippen molar-refractivity contribution in [2.24, 2.45) is 5.73 Å². The summed E-state index contributed by atoms with van der Waals surface area (Å²) in [6.07, 6.45) is 1.20. The summed E-state index contributed by atoms with van der Waals surface area (Å²) in [5, 5.41) is 0.870. The molecule has 0 saturated carbocycles. The van der Waals surface area contributed by atoms with Gasteiger partial charge < -0.3 is 10.6 Å². The van der Waals surface area contributed by atoms with Crippen LogP contribution in [0.3, 0.4) is 0 Å². The Morgan fingerprint density at radius 1 is 1.50 bits per heavy atom. The first-order valence-corrected chi connectivity index (χ1v) is 6.19. The highest BCUT2D eigenvalue weighted by Crippen LogP contribution is 2.32. The number of nitrogens with zero attached hydrogens (tertiary/aromatic N) is 1. The van der Waals surface area contributed by atoms with Crippen LogP contribution in [0.2, 0.25) is 5.02 Å². The quantitative estimate of drug-likeness (QED) is 0.859. The van der Waals surface area contributed by atoms with Gasteiger partial charge in [0.2, 0.25) is 0 Å². The van der Waals surface area contributed by atoms with Gasteiger partial charge in [-0.25, -0.2) is 0 Å². The van der Waals surface area contributed by atoms with E-state index in [0.717, 1.165) is 23.7 Å². The summed E-state index contributed by atoms with van der Waals surface area (Å²) in [5.41, 5.74) is 8.23. The lowest BCUT2D eigenvalue weighted by Crippen LogP contribution is -2.13. The fourth-order valence-electron chi connectivity index (χ4n) is 2.35. The van der Waals surface area contributed by atoms with Crippen molar-refractivity contribution in [2.45, 2.75) is 25.3 Å². The van der Waals surface area contributed by atoms with Gasteiger partial charge in [-0.2, -0.15) is 0 Å². The average molecular weight is 239 g/mol. The second-order valence-electron chi connectivity index (χ2n) is 4.82. The summed E-state index contributed by atoms with van der Waals surface area (Å²) in [5.74, 6) is 0.583. The maximum Gasteiger partial charge on any atom is 0.0444 e. The molecular formula is C13H19ClN2. The van der Waals surface area contributed by atoms with Crippen LogP contribution >= 0.6 is 11.6 Å². The van der Waals surface area contributed by atoms with E-state index in [1.165, 1.54) is 12.0 Å². The van der Waals surface area contributed by atoms with E-state index in [9.17, 15) is 0 Å². The number of likely N-dealkylation sites (tertiary alicyclic amines) is 1. The minimum Gasteiger partial charge on any atom is -0.324 e. The lowest BCUT2D eigenvalue weighted by molar-refractivity contribution is 0.411. The summed E-state index contributed by atoms with van der Waals surface area (Å²) in [6, 6.07) is 6.31. The van der Waals surface area contributed by atoms with Gasteiger partial charge in [0, 0.05) is 17.6 Å². The van der Waals surface area contributed by atoms with E-state index >= 15 is 0 Å². The summed E-state index contributed by atoms with van der Waals surface area (Å²) in [7, 11) is 2.16. The second-order valence-corrected chi connectivity index (χ2v) is 5.22. The first-order valence-electron chi connectivity index (χ1n) is 5.81. The minimum absolute atomic E-state index is 0.0535. The molecule has 1 aromatic rings. The van der Waals surface area contributed by atoms with Gasteiger partial charge in [0.1, 0.15) is 0 Å². The topological polar surface area (TPSA) is 29.3 Å². The molecule has 0 spiro atoms. The molecule has 0 bridgehead atoms. The van der Waals surface area contributed by atoms with Crippen LogP contribution in [0.15, 0.2) is 18.2 Å². The molecule has 1 heterocycles. The molecule has 0 aliphatic carbocycles. The van der Waals surface area contributed by atoms with Crippen LogP contribution in [0.25, 0.3) is 0 Å². The molecular weight excluding hydrogens is 220 g/mol. The Morgan fingerprint density at radius 2 is 2.25 bits per heavy atom. The number of halogens is 1. The third-order valence-electron chi connectivity index (χ3n) is 3.38. The minimum atomic E-state index is 0.0535. The Morgan fingerprint density at radius 3 is 2.75 bits per heavy atom. The molecule has 2 rings (SSSR count). The summed E-state index contributed by atoms with van der Waals surface area (Å²) < 4.78 is 0. The Balaban J connectivity index is 2.22. The third-order valence-corrected chi connectivity index (χ3v) is 3.71. The van der Waals surface area contributed by atoms with Crippen LogP contribution in [0.1, 0.15) is 36.4 Å². The van der Waals surface area contributed by atoms with E-state index in [2.05, 4.69) is 24.1 Å². The molecule has 2 N–H and O–H groups in total. The molecule has 0 radical (unpaired) electrons. The van der Waals surface area contributed by atoms with Crippen molar-refractivity contribution < 1.29 is 0 Å². The van der Waals surface area contributed by atoms with E-state index in [0.29, 0.717) is 5.92 Å². The smallest absolute Gasteiger partial charge is 0.0444 e. The summed E-state index contributed by atoms with van der Waals surface area (Å²) >= 11 is 6.33. The number of benzene rings is 1. The van der Waals surface area contributed by atoms with Crippen LogP contribution in [0.4, 0.5) is 0 Å². The highest BCUT2D eigenvalue weighted by molar-refractivity contribution is 6.31. The zero-order valence-corrected chi connectivity index (χ0v) is 10.7. The number of rotatable bonds is 2. The summed E-state index contributed by atoms with van der Waals surface area (Å²) in [4.78, 5) is 2.35. The lowest BCUT2D eigenvalue weighted by atomic mass is 9.96. The Kier molecular flexibility index (Phi) is 3.53. The van der Waals surface area contributed by atoms with E-state index in [-0.39, 0.29) is 6.04 Å². The summed E-state index contributed by atoms with van der Waals surface area (Å²) in [6.45, 7) is 4.25. The van der Waals surface area contributed by atoms with E-state index in [1.54, 1.807) is 0 Å². The number of nitrogens with two attached hydrogens (primary N) is 1. The van der Waals surface area contributed by atoms with Crippen LogP contribution in [0, 0.1) is 0 Å². The molecule has 0 amide bonds. The Bertz CT molecular complexity index is 376. The zero-order chi connectivity index (χ0) is 11.7. The van der Waals surface area contributed by atoms with Crippen LogP contribution in [-0.4, -0.2) is 25.0 Å². The maximum atomic E-state index is 6.33. The molecule has 2 nitrogen and oxygen atoms in total. The Hall–Kier alpha value is -0.570. The molecule has 0 aromatic heterocycles. The normalized spacial score (nSPS) is 23.6. The fraction of sp³-hybridized carbons (Fsp3) is 0.538. The van der Waals surface area contributed by atoms with Gasteiger partial charge in [0.05, 0.1) is 0 Å². The van der Waals surface area contributed by atoms with Crippen LogP contribution < -0.4 is 5.73 Å². The van der Waals surface area contributed by atoms with E-state index in [4.69, 9.17) is 17.3 Å². The van der Waals surface area contributed by atoms with Crippen LogP contribution in [-0.2, 0) is 0 Å². The van der Waals surface area contributed by atoms with Crippen molar-refractivity contribution >= 4 is 11.6 Å². The molecule has 2 unspecified atom stereocenters. The van der Waals surface area contributed by atoms with E-state index < -0.39 is 0 Å². The molecule has 1 fully saturated rings. The third kappa shape index (κ3) is 2.40. The molecule has 1 aliphatic rings. The predicted molar refractivity (Wildman–Crippen MR) is 68.9 cm³/mol. The lowest BCUT2D eigenvalue weighted by Gasteiger charge is -2.15. The molecule has 1 aromatic carbocycles. The molecule has 1 saturated heterocycles. The van der Waals surface area contributed by atoms with Gasteiger partial charge >= 0.3 is 0 Å². The molecule has 16 heavy (non-hydrogen) atoms. The van der Waals surface area contributed by atoms with Crippen molar-refractivity contribution in [1.82, 2.24) is 4.90 Å². The first-order chi connectivity index (χ1) is 7.58. The number of likely N-dealkylation sites (N-methyl/N-ethyl adjacent to an activating group) is 1. The van der Waals surface area contributed by atoms with Gasteiger partial charge in [-0.05, 0) is 50.0 Å². The first kappa shape index (κ1) is 11.9. The molecule has 1 aliphatic heterocycles. The monoisotopic (exact) mass is 238 g/mol. The standard InChI is InChI=1S/C13H19ClN2/c1-9(15)10-3-4-12(13(14)7-10)11-5-6-16(2)8-11/h3-4,7,9,11H,5-6,8,15H2,1-2H3. The highest BCUT2D eigenvalue weighted by Gasteiger charge is 2.23. The largest absolute Gasteiger partial charge is 0.324 e. The SMILES string of the molecule is CC(N)c1ccc(C2CCN(C)C2)c(Cl)c1. The van der Waals surface area contributed by atoms with Gasteiger partial charge in [-0.15, -0.1) is 0 Å². The van der Waals surface area contributed by atoms with E-state index in [1.807, 2.05) is 13.0 Å². The van der Waals surface area contributed by atoms with Crippen LogP contribution in [0.5, 0.6) is 0 Å².